The quantitative estimate of drug-likeness (QED) is 0.639. The summed E-state index contributed by atoms with van der Waals surface area (Å²) in [5.74, 6) is 0.638. The highest BCUT2D eigenvalue weighted by Gasteiger charge is 2.47. The van der Waals surface area contributed by atoms with Gasteiger partial charge in [0, 0.05) is 13.1 Å². The van der Waals surface area contributed by atoms with Crippen LogP contribution in [0.5, 0.6) is 0 Å². The molecule has 1 heterocycles. The SMILES string of the molecule is CCN1CCC(O)(C2CC2)C1. The highest BCUT2D eigenvalue weighted by Crippen LogP contribution is 2.44. The Kier molecular flexibility index (Phi) is 1.69. The molecular weight excluding hydrogens is 138 g/mol. The monoisotopic (exact) mass is 155 g/mol. The molecule has 0 bridgehead atoms. The van der Waals surface area contributed by atoms with Crippen molar-refractivity contribution in [1.29, 1.82) is 0 Å². The van der Waals surface area contributed by atoms with E-state index in [2.05, 4.69) is 11.8 Å². The number of hydrogen-bond donors (Lipinski definition) is 1. The lowest BCUT2D eigenvalue weighted by molar-refractivity contribution is 0.0276. The summed E-state index contributed by atoms with van der Waals surface area (Å²) < 4.78 is 0. The van der Waals surface area contributed by atoms with Crippen molar-refractivity contribution in [2.75, 3.05) is 19.6 Å². The van der Waals surface area contributed by atoms with Gasteiger partial charge in [0.2, 0.25) is 0 Å². The molecular formula is C9H17NO. The topological polar surface area (TPSA) is 23.5 Å². The zero-order valence-corrected chi connectivity index (χ0v) is 7.21. The van der Waals surface area contributed by atoms with Crippen molar-refractivity contribution in [1.82, 2.24) is 4.90 Å². The summed E-state index contributed by atoms with van der Waals surface area (Å²) in [6, 6.07) is 0. The molecule has 0 amide bonds. The van der Waals surface area contributed by atoms with E-state index in [0.29, 0.717) is 5.92 Å². The summed E-state index contributed by atoms with van der Waals surface area (Å²) in [6.07, 6.45) is 3.52. The third kappa shape index (κ3) is 1.30. The van der Waals surface area contributed by atoms with E-state index in [1.165, 1.54) is 12.8 Å². The van der Waals surface area contributed by atoms with Crippen LogP contribution in [0.4, 0.5) is 0 Å². The molecule has 2 heteroatoms. The molecule has 2 nitrogen and oxygen atoms in total. The highest BCUT2D eigenvalue weighted by atomic mass is 16.3. The van der Waals surface area contributed by atoms with Crippen molar-refractivity contribution < 1.29 is 5.11 Å². The molecule has 2 fully saturated rings. The van der Waals surface area contributed by atoms with Gasteiger partial charge in [-0.05, 0) is 31.7 Å². The van der Waals surface area contributed by atoms with Crippen LogP contribution >= 0.6 is 0 Å². The molecule has 1 atom stereocenters. The fourth-order valence-corrected chi connectivity index (χ4v) is 2.12. The van der Waals surface area contributed by atoms with Gasteiger partial charge in [0.15, 0.2) is 0 Å². The van der Waals surface area contributed by atoms with Crippen LogP contribution in [0.2, 0.25) is 0 Å². The van der Waals surface area contributed by atoms with Gasteiger partial charge < -0.3 is 10.0 Å². The molecule has 11 heavy (non-hydrogen) atoms. The third-order valence-corrected chi connectivity index (χ3v) is 3.14. The van der Waals surface area contributed by atoms with E-state index in [1.807, 2.05) is 0 Å². The lowest BCUT2D eigenvalue weighted by atomic mass is 9.97. The second kappa shape index (κ2) is 2.46. The first-order valence-electron chi connectivity index (χ1n) is 4.69. The number of likely N-dealkylation sites (tertiary alicyclic amines) is 1. The fourth-order valence-electron chi connectivity index (χ4n) is 2.12. The maximum absolute atomic E-state index is 10.1. The molecule has 0 aromatic rings. The van der Waals surface area contributed by atoms with E-state index in [4.69, 9.17) is 0 Å². The van der Waals surface area contributed by atoms with E-state index in [0.717, 1.165) is 26.1 Å². The molecule has 0 aromatic heterocycles. The maximum Gasteiger partial charge on any atom is 0.0814 e. The van der Waals surface area contributed by atoms with Crippen LogP contribution < -0.4 is 0 Å². The number of nitrogens with zero attached hydrogens (tertiary/aromatic N) is 1. The number of rotatable bonds is 2. The van der Waals surface area contributed by atoms with Crippen LogP contribution in [0.3, 0.4) is 0 Å². The average molecular weight is 155 g/mol. The number of aliphatic hydroxyl groups is 1. The van der Waals surface area contributed by atoms with Crippen LogP contribution in [0.25, 0.3) is 0 Å². The van der Waals surface area contributed by atoms with E-state index in [9.17, 15) is 5.11 Å². The Labute approximate surface area is 68.2 Å². The standard InChI is InChI=1S/C9H17NO/c1-2-10-6-5-9(11,7-10)8-3-4-8/h8,11H,2-7H2,1H3. The predicted molar refractivity (Wildman–Crippen MR) is 44.4 cm³/mol. The summed E-state index contributed by atoms with van der Waals surface area (Å²) in [4.78, 5) is 2.35. The van der Waals surface area contributed by atoms with Gasteiger partial charge in [0.05, 0.1) is 5.60 Å². The molecule has 64 valence electrons. The first-order valence-corrected chi connectivity index (χ1v) is 4.69. The van der Waals surface area contributed by atoms with Gasteiger partial charge in [-0.15, -0.1) is 0 Å². The lowest BCUT2D eigenvalue weighted by Crippen LogP contribution is -2.35. The fraction of sp³-hybridized carbons (Fsp3) is 1.00. The highest BCUT2D eigenvalue weighted by molar-refractivity contribution is 5.00. The van der Waals surface area contributed by atoms with E-state index < -0.39 is 0 Å². The molecule has 2 aliphatic rings. The van der Waals surface area contributed by atoms with Crippen molar-refractivity contribution in [2.24, 2.45) is 5.92 Å². The molecule has 1 saturated heterocycles. The third-order valence-electron chi connectivity index (χ3n) is 3.14. The largest absolute Gasteiger partial charge is 0.388 e. The molecule has 0 aromatic carbocycles. The summed E-state index contributed by atoms with van der Waals surface area (Å²) in [6.45, 7) is 5.28. The van der Waals surface area contributed by atoms with Crippen molar-refractivity contribution in [2.45, 2.75) is 31.8 Å². The Hall–Kier alpha value is -0.0800. The summed E-state index contributed by atoms with van der Waals surface area (Å²) in [5, 5.41) is 10.1. The van der Waals surface area contributed by atoms with Gasteiger partial charge in [-0.3, -0.25) is 0 Å². The second-order valence-corrected chi connectivity index (χ2v) is 4.00. The zero-order valence-electron chi connectivity index (χ0n) is 7.21. The van der Waals surface area contributed by atoms with Gasteiger partial charge >= 0.3 is 0 Å². The molecule has 1 unspecified atom stereocenters. The molecule has 0 radical (unpaired) electrons. The minimum absolute atomic E-state index is 0.296. The minimum Gasteiger partial charge on any atom is -0.388 e. The van der Waals surface area contributed by atoms with Crippen LogP contribution in [0, 0.1) is 5.92 Å². The summed E-state index contributed by atoms with van der Waals surface area (Å²) >= 11 is 0. The first-order chi connectivity index (χ1) is 5.24. The second-order valence-electron chi connectivity index (χ2n) is 4.00. The van der Waals surface area contributed by atoms with Crippen LogP contribution in [0.1, 0.15) is 26.2 Å². The molecule has 1 N–H and O–H groups in total. The van der Waals surface area contributed by atoms with Crippen molar-refractivity contribution in [3.63, 3.8) is 0 Å². The molecule has 0 spiro atoms. The molecule has 1 aliphatic carbocycles. The molecule has 1 aliphatic heterocycles. The summed E-state index contributed by atoms with van der Waals surface area (Å²) in [7, 11) is 0. The summed E-state index contributed by atoms with van der Waals surface area (Å²) in [5.41, 5.74) is -0.296. The normalized spacial score (nSPS) is 39.8. The van der Waals surface area contributed by atoms with Crippen molar-refractivity contribution in [3.8, 4) is 0 Å². The predicted octanol–water partition coefficient (Wildman–Crippen LogP) is 0.853. The molecule has 2 rings (SSSR count). The van der Waals surface area contributed by atoms with E-state index in [1.54, 1.807) is 0 Å². The van der Waals surface area contributed by atoms with Gasteiger partial charge in [0.25, 0.3) is 0 Å². The Morgan fingerprint density at radius 1 is 1.55 bits per heavy atom. The average Bonchev–Trinajstić information content (AvgIpc) is 2.77. The van der Waals surface area contributed by atoms with E-state index in [-0.39, 0.29) is 5.60 Å². The smallest absolute Gasteiger partial charge is 0.0814 e. The molecule has 1 saturated carbocycles. The van der Waals surface area contributed by atoms with Crippen molar-refractivity contribution >= 4 is 0 Å². The van der Waals surface area contributed by atoms with Crippen LogP contribution in [0.15, 0.2) is 0 Å². The van der Waals surface area contributed by atoms with E-state index >= 15 is 0 Å². The van der Waals surface area contributed by atoms with Crippen LogP contribution in [-0.2, 0) is 0 Å². The number of hydrogen-bond acceptors (Lipinski definition) is 2. The van der Waals surface area contributed by atoms with Crippen molar-refractivity contribution in [3.05, 3.63) is 0 Å². The maximum atomic E-state index is 10.1. The first kappa shape index (κ1) is 7.56. The lowest BCUT2D eigenvalue weighted by Gasteiger charge is -2.22. The van der Waals surface area contributed by atoms with Gasteiger partial charge in [-0.2, -0.15) is 0 Å². The minimum atomic E-state index is -0.296. The van der Waals surface area contributed by atoms with Gasteiger partial charge in [-0.25, -0.2) is 0 Å². The Morgan fingerprint density at radius 2 is 2.27 bits per heavy atom. The Bertz CT molecular complexity index is 156. The Balaban J connectivity index is 1.95. The van der Waals surface area contributed by atoms with Gasteiger partial charge in [0.1, 0.15) is 0 Å². The Morgan fingerprint density at radius 3 is 2.73 bits per heavy atom. The van der Waals surface area contributed by atoms with Gasteiger partial charge in [-0.1, -0.05) is 6.92 Å². The number of β-amino-alcohol motifs (C(OH)–C–C–N with tert-alkyl or cyclic N) is 1. The number of likely N-dealkylation sites (N-methyl/N-ethyl adjacent to an activating group) is 1. The zero-order chi connectivity index (χ0) is 7.90. The van der Waals surface area contributed by atoms with Crippen LogP contribution in [-0.4, -0.2) is 35.2 Å².